The molecule has 1 aliphatic heterocycles. The van der Waals surface area contributed by atoms with Gasteiger partial charge in [0.2, 0.25) is 0 Å². The van der Waals surface area contributed by atoms with Gasteiger partial charge in [0.1, 0.15) is 0 Å². The monoisotopic (exact) mass is 352 g/mol. The zero-order valence-corrected chi connectivity index (χ0v) is 15.7. The van der Waals surface area contributed by atoms with Crippen molar-refractivity contribution in [2.75, 3.05) is 33.8 Å². The van der Waals surface area contributed by atoms with E-state index in [0.717, 1.165) is 31.5 Å². The van der Waals surface area contributed by atoms with Crippen LogP contribution in [0.15, 0.2) is 60.7 Å². The van der Waals surface area contributed by atoms with Crippen molar-refractivity contribution in [2.24, 2.45) is 0 Å². The van der Waals surface area contributed by atoms with E-state index in [4.69, 9.17) is 4.74 Å². The molecule has 0 spiro atoms. The van der Waals surface area contributed by atoms with E-state index in [1.54, 1.807) is 7.11 Å². The lowest BCUT2D eigenvalue weighted by Gasteiger charge is -2.41. The van der Waals surface area contributed by atoms with Crippen molar-refractivity contribution < 1.29 is 9.53 Å². The summed E-state index contributed by atoms with van der Waals surface area (Å²) in [6.45, 7) is 2.71. The van der Waals surface area contributed by atoms with Gasteiger partial charge in [-0.3, -0.25) is 4.79 Å². The highest BCUT2D eigenvalue weighted by Gasteiger charge is 2.36. The molecule has 2 aromatic carbocycles. The molecule has 1 heterocycles. The van der Waals surface area contributed by atoms with Gasteiger partial charge in [-0.15, -0.1) is 0 Å². The van der Waals surface area contributed by atoms with Crippen LogP contribution in [0.5, 0.6) is 0 Å². The first-order chi connectivity index (χ1) is 12.6. The van der Waals surface area contributed by atoms with Crippen molar-refractivity contribution in [1.82, 2.24) is 10.2 Å². The van der Waals surface area contributed by atoms with E-state index in [1.165, 1.54) is 5.56 Å². The molecular formula is C22H28N2O2. The minimum absolute atomic E-state index is 0.0155. The Morgan fingerprint density at radius 3 is 2.23 bits per heavy atom. The first-order valence-corrected chi connectivity index (χ1v) is 9.24. The van der Waals surface area contributed by atoms with Crippen LogP contribution in [0, 0.1) is 0 Å². The molecular weight excluding hydrogens is 324 g/mol. The predicted octanol–water partition coefficient (Wildman–Crippen LogP) is 3.15. The summed E-state index contributed by atoms with van der Waals surface area (Å²) in [5.41, 5.74) is 2.17. The van der Waals surface area contributed by atoms with Crippen molar-refractivity contribution >= 4 is 5.91 Å². The van der Waals surface area contributed by atoms with Crippen LogP contribution in [0.1, 0.15) is 30.1 Å². The number of methoxy groups -OCH3 is 1. The topological polar surface area (TPSA) is 41.6 Å². The smallest absolute Gasteiger partial charge is 0.253 e. The van der Waals surface area contributed by atoms with Gasteiger partial charge in [0.15, 0.2) is 6.10 Å². The maximum absolute atomic E-state index is 12.8. The Morgan fingerprint density at radius 2 is 1.65 bits per heavy atom. The van der Waals surface area contributed by atoms with Crippen LogP contribution in [-0.4, -0.2) is 44.6 Å². The van der Waals surface area contributed by atoms with E-state index in [-0.39, 0.29) is 11.3 Å². The number of ether oxygens (including phenoxy) is 1. The van der Waals surface area contributed by atoms with Gasteiger partial charge in [-0.1, -0.05) is 60.7 Å². The van der Waals surface area contributed by atoms with Crippen LogP contribution in [0.25, 0.3) is 0 Å². The van der Waals surface area contributed by atoms with Gasteiger partial charge in [0, 0.05) is 19.1 Å². The van der Waals surface area contributed by atoms with Crippen LogP contribution >= 0.6 is 0 Å². The van der Waals surface area contributed by atoms with Crippen LogP contribution in [0.3, 0.4) is 0 Å². The van der Waals surface area contributed by atoms with Gasteiger partial charge in [-0.2, -0.15) is 0 Å². The molecule has 1 aliphatic rings. The number of carbonyl (C=O) groups excluding carboxylic acids is 1. The fourth-order valence-corrected chi connectivity index (χ4v) is 3.78. The van der Waals surface area contributed by atoms with Crippen molar-refractivity contribution in [3.63, 3.8) is 0 Å². The quantitative estimate of drug-likeness (QED) is 0.868. The number of carbonyl (C=O) groups is 1. The molecule has 1 atom stereocenters. The number of nitrogens with one attached hydrogen (secondary N) is 1. The molecule has 1 N–H and O–H groups in total. The minimum atomic E-state index is -0.574. The van der Waals surface area contributed by atoms with Crippen LogP contribution < -0.4 is 5.32 Å². The molecule has 138 valence electrons. The number of hydrogen-bond acceptors (Lipinski definition) is 3. The Morgan fingerprint density at radius 1 is 1.08 bits per heavy atom. The van der Waals surface area contributed by atoms with Crippen LogP contribution in [0.2, 0.25) is 0 Å². The fraction of sp³-hybridized carbons (Fsp3) is 0.409. The van der Waals surface area contributed by atoms with E-state index in [2.05, 4.69) is 41.5 Å². The number of likely N-dealkylation sites (tertiary alicyclic amines) is 1. The molecule has 1 fully saturated rings. The Kier molecular flexibility index (Phi) is 6.07. The number of benzene rings is 2. The number of nitrogens with zero attached hydrogens (tertiary/aromatic N) is 1. The molecule has 4 nitrogen and oxygen atoms in total. The average Bonchev–Trinajstić information content (AvgIpc) is 2.70. The molecule has 0 radical (unpaired) electrons. The molecule has 0 aromatic heterocycles. The van der Waals surface area contributed by atoms with E-state index in [9.17, 15) is 4.79 Å². The Bertz CT molecular complexity index is 695. The minimum Gasteiger partial charge on any atom is -0.367 e. The number of hydrogen-bond donors (Lipinski definition) is 1. The van der Waals surface area contributed by atoms with Gasteiger partial charge in [0.25, 0.3) is 5.91 Å². The van der Waals surface area contributed by atoms with E-state index in [1.807, 2.05) is 36.4 Å². The highest BCUT2D eigenvalue weighted by atomic mass is 16.5. The molecule has 0 saturated carbocycles. The summed E-state index contributed by atoms with van der Waals surface area (Å²) in [7, 11) is 3.74. The lowest BCUT2D eigenvalue weighted by Crippen LogP contribution is -2.48. The Balaban J connectivity index is 1.74. The Hall–Kier alpha value is -2.17. The zero-order chi connectivity index (χ0) is 18.4. The molecule has 4 heteroatoms. The first-order valence-electron chi connectivity index (χ1n) is 9.24. The van der Waals surface area contributed by atoms with E-state index < -0.39 is 6.10 Å². The normalized spacial score (nSPS) is 18.2. The van der Waals surface area contributed by atoms with Crippen molar-refractivity contribution in [2.45, 2.75) is 24.4 Å². The van der Waals surface area contributed by atoms with Gasteiger partial charge in [-0.25, -0.2) is 0 Å². The maximum Gasteiger partial charge on any atom is 0.253 e. The van der Waals surface area contributed by atoms with E-state index >= 15 is 0 Å². The second-order valence-electron chi connectivity index (χ2n) is 7.19. The van der Waals surface area contributed by atoms with Crippen molar-refractivity contribution in [3.05, 3.63) is 71.8 Å². The Labute approximate surface area is 156 Å². The summed E-state index contributed by atoms with van der Waals surface area (Å²) in [6, 6.07) is 20.2. The van der Waals surface area contributed by atoms with Crippen molar-refractivity contribution in [1.29, 1.82) is 0 Å². The summed E-state index contributed by atoms with van der Waals surface area (Å²) in [5, 5.41) is 3.17. The number of piperidine rings is 1. The van der Waals surface area contributed by atoms with Gasteiger partial charge in [-0.05, 0) is 44.1 Å². The summed E-state index contributed by atoms with van der Waals surface area (Å²) in [6.07, 6.45) is 1.50. The third-order valence-corrected chi connectivity index (χ3v) is 5.51. The third kappa shape index (κ3) is 4.14. The highest BCUT2D eigenvalue weighted by molar-refractivity contribution is 5.82. The fourth-order valence-electron chi connectivity index (χ4n) is 3.78. The predicted molar refractivity (Wildman–Crippen MR) is 104 cm³/mol. The SMILES string of the molecule is CO[C@@H](C(=O)NCC1(c2ccccc2)CCN(C)CC1)c1ccccc1. The summed E-state index contributed by atoms with van der Waals surface area (Å²) < 4.78 is 5.47. The molecule has 1 saturated heterocycles. The summed E-state index contributed by atoms with van der Waals surface area (Å²) in [4.78, 5) is 15.2. The standard InChI is InChI=1S/C22H28N2O2/c1-24-15-13-22(14-16-24,19-11-7-4-8-12-19)17-23-21(25)20(26-2)18-9-5-3-6-10-18/h3-12,20H,13-17H2,1-2H3,(H,23,25)/t20-/m1/s1. The van der Waals surface area contributed by atoms with Gasteiger partial charge < -0.3 is 15.0 Å². The average molecular weight is 352 g/mol. The second-order valence-corrected chi connectivity index (χ2v) is 7.19. The lowest BCUT2D eigenvalue weighted by atomic mass is 9.72. The van der Waals surface area contributed by atoms with Crippen LogP contribution in [-0.2, 0) is 14.9 Å². The maximum atomic E-state index is 12.8. The molecule has 2 aromatic rings. The zero-order valence-electron chi connectivity index (χ0n) is 15.7. The van der Waals surface area contributed by atoms with Gasteiger partial charge >= 0.3 is 0 Å². The molecule has 3 rings (SSSR count). The second kappa shape index (κ2) is 8.47. The molecule has 0 aliphatic carbocycles. The van der Waals surface area contributed by atoms with Gasteiger partial charge in [0.05, 0.1) is 0 Å². The summed E-state index contributed by atoms with van der Waals surface area (Å²) in [5.74, 6) is -0.0760. The number of amides is 1. The largest absolute Gasteiger partial charge is 0.367 e. The number of rotatable bonds is 6. The van der Waals surface area contributed by atoms with Crippen LogP contribution in [0.4, 0.5) is 0 Å². The summed E-state index contributed by atoms with van der Waals surface area (Å²) >= 11 is 0. The molecule has 0 unspecified atom stereocenters. The molecule has 0 bridgehead atoms. The lowest BCUT2D eigenvalue weighted by molar-refractivity contribution is -0.131. The van der Waals surface area contributed by atoms with Crippen molar-refractivity contribution in [3.8, 4) is 0 Å². The first kappa shape index (κ1) is 18.6. The van der Waals surface area contributed by atoms with E-state index in [0.29, 0.717) is 6.54 Å². The molecule has 26 heavy (non-hydrogen) atoms. The third-order valence-electron chi connectivity index (χ3n) is 5.51. The molecule has 1 amide bonds. The highest BCUT2D eigenvalue weighted by Crippen LogP contribution is 2.34.